The predicted molar refractivity (Wildman–Crippen MR) is 35.7 cm³/mol. The van der Waals surface area contributed by atoms with E-state index in [4.69, 9.17) is 10.8 Å². The van der Waals surface area contributed by atoms with Crippen LogP contribution in [0.25, 0.3) is 0 Å². The summed E-state index contributed by atoms with van der Waals surface area (Å²) in [6.45, 7) is 0. The maximum absolute atomic E-state index is 9.14. The molecule has 8 heavy (non-hydrogen) atoms. The van der Waals surface area contributed by atoms with Crippen molar-refractivity contribution >= 4 is 11.8 Å². The van der Waals surface area contributed by atoms with Crippen molar-refractivity contribution in [3.05, 3.63) is 0 Å². The van der Waals surface area contributed by atoms with Crippen LogP contribution in [0.15, 0.2) is 0 Å². The first-order chi connectivity index (χ1) is 3.71. The molecule has 3 heteroatoms. The summed E-state index contributed by atoms with van der Waals surface area (Å²) in [5.41, 5.74) is 4.58. The van der Waals surface area contributed by atoms with Gasteiger partial charge >= 0.3 is 0 Å². The van der Waals surface area contributed by atoms with Crippen molar-refractivity contribution < 1.29 is 5.11 Å². The molecule has 0 atom stereocenters. The summed E-state index contributed by atoms with van der Waals surface area (Å²) in [4.78, 5) is 0. The Morgan fingerprint density at radius 2 is 1.88 bits per heavy atom. The van der Waals surface area contributed by atoms with Crippen molar-refractivity contribution in [1.29, 1.82) is 0 Å². The molecular formula is C5H11NOS. The van der Waals surface area contributed by atoms with E-state index in [1.165, 1.54) is 0 Å². The van der Waals surface area contributed by atoms with Crippen LogP contribution in [0.5, 0.6) is 0 Å². The van der Waals surface area contributed by atoms with Crippen molar-refractivity contribution in [2.45, 2.75) is 18.6 Å². The molecule has 0 saturated carbocycles. The molecule has 1 aliphatic rings. The number of rotatable bonds is 0. The number of aliphatic hydroxyl groups is 1. The van der Waals surface area contributed by atoms with Gasteiger partial charge in [-0.3, -0.25) is 0 Å². The third-order valence-corrected chi connectivity index (χ3v) is 2.34. The standard InChI is InChI=1S/C5H11NOS/c6-5(7)1-3-8-4-2-5/h7H,1-4,6H2. The van der Waals surface area contributed by atoms with Gasteiger partial charge in [-0.2, -0.15) is 11.8 Å². The summed E-state index contributed by atoms with van der Waals surface area (Å²) in [5, 5.41) is 9.14. The second kappa shape index (κ2) is 2.25. The van der Waals surface area contributed by atoms with Gasteiger partial charge in [-0.15, -0.1) is 0 Å². The zero-order valence-electron chi connectivity index (χ0n) is 4.76. The molecule has 48 valence electrons. The second-order valence-electron chi connectivity index (χ2n) is 2.22. The highest BCUT2D eigenvalue weighted by atomic mass is 32.2. The minimum atomic E-state index is -0.842. The molecule has 1 rings (SSSR count). The fourth-order valence-electron chi connectivity index (χ4n) is 0.725. The maximum Gasteiger partial charge on any atom is 0.115 e. The highest BCUT2D eigenvalue weighted by molar-refractivity contribution is 7.99. The van der Waals surface area contributed by atoms with Gasteiger partial charge in [0, 0.05) is 0 Å². The molecule has 1 saturated heterocycles. The van der Waals surface area contributed by atoms with Crippen LogP contribution in [0, 0.1) is 0 Å². The number of nitrogens with two attached hydrogens (primary N) is 1. The molecule has 0 radical (unpaired) electrons. The molecule has 0 bridgehead atoms. The first kappa shape index (κ1) is 6.39. The van der Waals surface area contributed by atoms with Crippen LogP contribution in [-0.4, -0.2) is 22.3 Å². The zero-order valence-corrected chi connectivity index (χ0v) is 5.58. The average Bonchev–Trinajstić information content (AvgIpc) is 1.65. The summed E-state index contributed by atoms with van der Waals surface area (Å²) in [5.74, 6) is 2.01. The molecule has 0 unspecified atom stereocenters. The van der Waals surface area contributed by atoms with Gasteiger partial charge in [0.25, 0.3) is 0 Å². The van der Waals surface area contributed by atoms with Gasteiger partial charge in [0.05, 0.1) is 0 Å². The lowest BCUT2D eigenvalue weighted by Crippen LogP contribution is -2.42. The average molecular weight is 133 g/mol. The van der Waals surface area contributed by atoms with Crippen molar-refractivity contribution in [2.75, 3.05) is 11.5 Å². The van der Waals surface area contributed by atoms with Gasteiger partial charge in [-0.05, 0) is 24.3 Å². The van der Waals surface area contributed by atoms with Gasteiger partial charge in [0.1, 0.15) is 5.72 Å². The largest absolute Gasteiger partial charge is 0.376 e. The Balaban J connectivity index is 2.33. The lowest BCUT2D eigenvalue weighted by molar-refractivity contribution is 0.0388. The van der Waals surface area contributed by atoms with E-state index < -0.39 is 5.72 Å². The van der Waals surface area contributed by atoms with E-state index in [0.717, 1.165) is 24.3 Å². The van der Waals surface area contributed by atoms with Crippen LogP contribution in [0.2, 0.25) is 0 Å². The molecule has 0 aromatic rings. The van der Waals surface area contributed by atoms with Crippen LogP contribution < -0.4 is 5.73 Å². The molecule has 1 heterocycles. The maximum atomic E-state index is 9.14. The topological polar surface area (TPSA) is 46.2 Å². The molecule has 1 fully saturated rings. The molecule has 3 N–H and O–H groups in total. The Kier molecular flexibility index (Phi) is 1.80. The summed E-state index contributed by atoms with van der Waals surface area (Å²) in [7, 11) is 0. The first-order valence-corrected chi connectivity index (χ1v) is 3.95. The molecule has 0 spiro atoms. The summed E-state index contributed by atoms with van der Waals surface area (Å²) >= 11 is 1.86. The Bertz CT molecular complexity index is 76.5. The molecule has 0 amide bonds. The zero-order chi connectivity index (χ0) is 6.04. The van der Waals surface area contributed by atoms with Crippen LogP contribution in [0.4, 0.5) is 0 Å². The minimum Gasteiger partial charge on any atom is -0.376 e. The van der Waals surface area contributed by atoms with Crippen molar-refractivity contribution in [3.63, 3.8) is 0 Å². The van der Waals surface area contributed by atoms with E-state index in [1.807, 2.05) is 11.8 Å². The third kappa shape index (κ3) is 1.65. The van der Waals surface area contributed by atoms with E-state index >= 15 is 0 Å². The summed E-state index contributed by atoms with van der Waals surface area (Å²) in [6.07, 6.45) is 1.50. The van der Waals surface area contributed by atoms with E-state index in [2.05, 4.69) is 0 Å². The van der Waals surface area contributed by atoms with Crippen LogP contribution in [0.3, 0.4) is 0 Å². The highest BCUT2D eigenvalue weighted by Crippen LogP contribution is 2.21. The Hall–Kier alpha value is 0.270. The number of hydrogen-bond donors (Lipinski definition) is 2. The molecule has 2 nitrogen and oxygen atoms in total. The lowest BCUT2D eigenvalue weighted by atomic mass is 10.1. The first-order valence-electron chi connectivity index (χ1n) is 2.80. The van der Waals surface area contributed by atoms with Crippen molar-refractivity contribution in [1.82, 2.24) is 0 Å². The monoisotopic (exact) mass is 133 g/mol. The van der Waals surface area contributed by atoms with E-state index in [-0.39, 0.29) is 0 Å². The quantitative estimate of drug-likeness (QED) is 0.463. The predicted octanol–water partition coefficient (Wildman–Crippen LogP) is 0.161. The summed E-state index contributed by atoms with van der Waals surface area (Å²) in [6, 6.07) is 0. The highest BCUT2D eigenvalue weighted by Gasteiger charge is 2.23. The Labute approximate surface area is 53.5 Å². The number of hydrogen-bond acceptors (Lipinski definition) is 3. The molecule has 0 aromatic heterocycles. The van der Waals surface area contributed by atoms with Gasteiger partial charge < -0.3 is 10.8 Å². The molecular weight excluding hydrogens is 122 g/mol. The Morgan fingerprint density at radius 1 is 1.38 bits per heavy atom. The lowest BCUT2D eigenvalue weighted by Gasteiger charge is -2.26. The fraction of sp³-hybridized carbons (Fsp3) is 1.00. The smallest absolute Gasteiger partial charge is 0.115 e. The third-order valence-electron chi connectivity index (χ3n) is 1.36. The molecule has 0 aliphatic carbocycles. The van der Waals surface area contributed by atoms with Crippen LogP contribution >= 0.6 is 11.8 Å². The van der Waals surface area contributed by atoms with Gasteiger partial charge in [-0.25, -0.2) is 0 Å². The SMILES string of the molecule is NC1(O)CCSCC1. The Morgan fingerprint density at radius 3 is 2.12 bits per heavy atom. The fourth-order valence-corrected chi connectivity index (χ4v) is 1.92. The minimum absolute atomic E-state index is 0.748. The van der Waals surface area contributed by atoms with E-state index in [1.54, 1.807) is 0 Å². The van der Waals surface area contributed by atoms with Gasteiger partial charge in [0.2, 0.25) is 0 Å². The van der Waals surface area contributed by atoms with Gasteiger partial charge in [-0.1, -0.05) is 0 Å². The van der Waals surface area contributed by atoms with Crippen LogP contribution in [0.1, 0.15) is 12.8 Å². The molecule has 0 aromatic carbocycles. The van der Waals surface area contributed by atoms with E-state index in [9.17, 15) is 0 Å². The second-order valence-corrected chi connectivity index (χ2v) is 3.44. The summed E-state index contributed by atoms with van der Waals surface area (Å²) < 4.78 is 0. The normalized spacial score (nSPS) is 27.8. The number of thioether (sulfide) groups is 1. The van der Waals surface area contributed by atoms with Gasteiger partial charge in [0.15, 0.2) is 0 Å². The van der Waals surface area contributed by atoms with Crippen LogP contribution in [-0.2, 0) is 0 Å². The van der Waals surface area contributed by atoms with Crippen molar-refractivity contribution in [3.8, 4) is 0 Å². The van der Waals surface area contributed by atoms with E-state index in [0.29, 0.717) is 0 Å². The van der Waals surface area contributed by atoms with Crippen molar-refractivity contribution in [2.24, 2.45) is 5.73 Å². The molecule has 1 aliphatic heterocycles.